The number of hydrogen-bond acceptors (Lipinski definition) is 4. The zero-order chi connectivity index (χ0) is 21.9. The van der Waals surface area contributed by atoms with Crippen molar-refractivity contribution >= 4 is 34.2 Å². The van der Waals surface area contributed by atoms with Gasteiger partial charge in [-0.25, -0.2) is 9.37 Å². The summed E-state index contributed by atoms with van der Waals surface area (Å²) in [4.78, 5) is 20.9. The Bertz CT molecular complexity index is 1210. The Labute approximate surface area is 190 Å². The van der Waals surface area contributed by atoms with E-state index in [4.69, 9.17) is 4.98 Å². The largest absolute Gasteiger partial charge is 0.351 e. The molecule has 7 heteroatoms. The van der Waals surface area contributed by atoms with Crippen LogP contribution < -0.4 is 10.2 Å². The number of amides is 1. The molecule has 0 spiro atoms. The smallest absolute Gasteiger partial charge is 0.223 e. The number of nitrogens with one attached hydrogen (secondary N) is 1. The van der Waals surface area contributed by atoms with Crippen molar-refractivity contribution in [2.75, 3.05) is 18.0 Å². The molecule has 4 aromatic rings. The number of piperidine rings is 1. The van der Waals surface area contributed by atoms with Gasteiger partial charge >= 0.3 is 0 Å². The number of nitrogens with zero attached hydrogens (tertiary/aromatic N) is 3. The fraction of sp³-hybridized carbons (Fsp3) is 0.280. The predicted molar refractivity (Wildman–Crippen MR) is 126 cm³/mol. The summed E-state index contributed by atoms with van der Waals surface area (Å²) in [5.41, 5.74) is 2.86. The van der Waals surface area contributed by atoms with Crippen molar-refractivity contribution in [2.45, 2.75) is 25.9 Å². The first-order chi connectivity index (χ1) is 15.7. The number of thiophene rings is 1. The number of halogens is 1. The van der Waals surface area contributed by atoms with E-state index < -0.39 is 0 Å². The summed E-state index contributed by atoms with van der Waals surface area (Å²) in [7, 11) is 0. The molecule has 1 aliphatic heterocycles. The fourth-order valence-electron chi connectivity index (χ4n) is 4.35. The van der Waals surface area contributed by atoms with Gasteiger partial charge in [-0.15, -0.1) is 11.3 Å². The standard InChI is InChI=1S/C25H25FN4OS/c26-20-6-3-5-18(15-20)17-30-23-9-2-1-8-22(23)28-25(30)29-12-10-19(11-13-29)24(31)27-16-21-7-4-14-32-21/h1-9,14-15,19H,10-13,16-17H2,(H,27,31). The van der Waals surface area contributed by atoms with Crippen LogP contribution in [0.25, 0.3) is 11.0 Å². The minimum Gasteiger partial charge on any atom is -0.351 e. The molecule has 0 bridgehead atoms. The molecule has 1 fully saturated rings. The topological polar surface area (TPSA) is 50.2 Å². The van der Waals surface area contributed by atoms with Crippen LogP contribution in [0.2, 0.25) is 0 Å². The van der Waals surface area contributed by atoms with E-state index in [0.717, 1.165) is 48.5 Å². The highest BCUT2D eigenvalue weighted by atomic mass is 32.1. The number of imidazole rings is 1. The molecule has 0 aliphatic carbocycles. The van der Waals surface area contributed by atoms with E-state index in [1.54, 1.807) is 23.5 Å². The molecule has 0 radical (unpaired) electrons. The van der Waals surface area contributed by atoms with Gasteiger partial charge in [0.2, 0.25) is 11.9 Å². The first-order valence-corrected chi connectivity index (χ1v) is 11.8. The Morgan fingerprint density at radius 3 is 2.72 bits per heavy atom. The maximum absolute atomic E-state index is 13.8. The highest BCUT2D eigenvalue weighted by Crippen LogP contribution is 2.28. The summed E-state index contributed by atoms with van der Waals surface area (Å²) in [6.07, 6.45) is 1.58. The van der Waals surface area contributed by atoms with Crippen LogP contribution >= 0.6 is 11.3 Å². The molecule has 1 saturated heterocycles. The van der Waals surface area contributed by atoms with Gasteiger partial charge in [-0.05, 0) is 54.1 Å². The molecule has 0 atom stereocenters. The third kappa shape index (κ3) is 4.39. The lowest BCUT2D eigenvalue weighted by Gasteiger charge is -2.32. The molecule has 0 unspecified atom stereocenters. The quantitative estimate of drug-likeness (QED) is 0.460. The van der Waals surface area contributed by atoms with Crippen molar-refractivity contribution in [3.8, 4) is 0 Å². The zero-order valence-electron chi connectivity index (χ0n) is 17.7. The number of para-hydroxylation sites is 2. The van der Waals surface area contributed by atoms with Gasteiger partial charge < -0.3 is 14.8 Å². The van der Waals surface area contributed by atoms with E-state index in [-0.39, 0.29) is 17.6 Å². The Balaban J connectivity index is 1.31. The molecule has 164 valence electrons. The predicted octanol–water partition coefficient (Wildman–Crippen LogP) is 4.82. The highest BCUT2D eigenvalue weighted by molar-refractivity contribution is 7.09. The molecule has 1 amide bonds. The second kappa shape index (κ2) is 9.12. The van der Waals surface area contributed by atoms with Crippen LogP contribution in [0.5, 0.6) is 0 Å². The second-order valence-corrected chi connectivity index (χ2v) is 9.21. The average molecular weight is 449 g/mol. The van der Waals surface area contributed by atoms with Crippen molar-refractivity contribution in [3.63, 3.8) is 0 Å². The SMILES string of the molecule is O=C(NCc1cccs1)C1CCN(c2nc3ccccc3n2Cc2cccc(F)c2)CC1. The summed E-state index contributed by atoms with van der Waals surface area (Å²) in [5.74, 6) is 0.800. The summed E-state index contributed by atoms with van der Waals surface area (Å²) in [5, 5.41) is 5.10. The Kier molecular flexibility index (Phi) is 5.90. The van der Waals surface area contributed by atoms with Crippen LogP contribution in [-0.4, -0.2) is 28.5 Å². The lowest BCUT2D eigenvalue weighted by molar-refractivity contribution is -0.125. The lowest BCUT2D eigenvalue weighted by atomic mass is 9.96. The van der Waals surface area contributed by atoms with Crippen molar-refractivity contribution in [1.29, 1.82) is 0 Å². The first-order valence-electron chi connectivity index (χ1n) is 10.9. The maximum atomic E-state index is 13.8. The van der Waals surface area contributed by atoms with Crippen LogP contribution in [0.15, 0.2) is 66.0 Å². The van der Waals surface area contributed by atoms with E-state index in [2.05, 4.69) is 20.9 Å². The van der Waals surface area contributed by atoms with Crippen LogP contribution in [-0.2, 0) is 17.9 Å². The lowest BCUT2D eigenvalue weighted by Crippen LogP contribution is -2.41. The molecule has 2 aromatic carbocycles. The fourth-order valence-corrected chi connectivity index (χ4v) is 5.00. The summed E-state index contributed by atoms with van der Waals surface area (Å²) < 4.78 is 15.9. The minimum absolute atomic E-state index is 0.0206. The van der Waals surface area contributed by atoms with Crippen molar-refractivity contribution in [3.05, 3.63) is 82.3 Å². The van der Waals surface area contributed by atoms with Gasteiger partial charge in [0.1, 0.15) is 5.82 Å². The van der Waals surface area contributed by atoms with Crippen molar-refractivity contribution < 1.29 is 9.18 Å². The Morgan fingerprint density at radius 2 is 1.94 bits per heavy atom. The number of rotatable bonds is 6. The van der Waals surface area contributed by atoms with Crippen LogP contribution in [0.3, 0.4) is 0 Å². The minimum atomic E-state index is -0.233. The first kappa shape index (κ1) is 20.7. The molecule has 2 aromatic heterocycles. The highest BCUT2D eigenvalue weighted by Gasteiger charge is 2.27. The van der Waals surface area contributed by atoms with Crippen molar-refractivity contribution in [2.24, 2.45) is 5.92 Å². The van der Waals surface area contributed by atoms with Crippen LogP contribution in [0, 0.1) is 11.7 Å². The van der Waals surface area contributed by atoms with Gasteiger partial charge in [-0.1, -0.05) is 30.3 Å². The number of carbonyl (C=O) groups excluding carboxylic acids is 1. The van der Waals surface area contributed by atoms with E-state index in [1.807, 2.05) is 41.8 Å². The molecular weight excluding hydrogens is 423 g/mol. The van der Waals surface area contributed by atoms with Gasteiger partial charge in [0.05, 0.1) is 24.1 Å². The second-order valence-electron chi connectivity index (χ2n) is 8.18. The van der Waals surface area contributed by atoms with E-state index in [1.165, 1.54) is 10.9 Å². The van der Waals surface area contributed by atoms with Gasteiger partial charge in [-0.2, -0.15) is 0 Å². The number of aromatic nitrogens is 2. The Morgan fingerprint density at radius 1 is 1.09 bits per heavy atom. The van der Waals surface area contributed by atoms with E-state index >= 15 is 0 Å². The van der Waals surface area contributed by atoms with E-state index in [0.29, 0.717) is 13.1 Å². The third-order valence-corrected chi connectivity index (χ3v) is 6.91. The van der Waals surface area contributed by atoms with Gasteiger partial charge in [0.25, 0.3) is 0 Å². The number of benzene rings is 2. The average Bonchev–Trinajstić information content (AvgIpc) is 3.46. The van der Waals surface area contributed by atoms with Gasteiger partial charge in [0, 0.05) is 23.9 Å². The number of hydrogen-bond donors (Lipinski definition) is 1. The molecule has 3 heterocycles. The summed E-state index contributed by atoms with van der Waals surface area (Å²) in [6.45, 7) is 2.68. The molecule has 1 N–H and O–H groups in total. The van der Waals surface area contributed by atoms with Crippen LogP contribution in [0.4, 0.5) is 10.3 Å². The number of carbonyl (C=O) groups is 1. The molecule has 1 aliphatic rings. The van der Waals surface area contributed by atoms with Crippen molar-refractivity contribution in [1.82, 2.24) is 14.9 Å². The summed E-state index contributed by atoms with van der Waals surface area (Å²) in [6, 6.07) is 18.8. The normalized spacial score (nSPS) is 14.7. The van der Waals surface area contributed by atoms with Crippen LogP contribution in [0.1, 0.15) is 23.3 Å². The maximum Gasteiger partial charge on any atom is 0.223 e. The van der Waals surface area contributed by atoms with Gasteiger partial charge in [-0.3, -0.25) is 4.79 Å². The van der Waals surface area contributed by atoms with E-state index in [9.17, 15) is 9.18 Å². The molecule has 32 heavy (non-hydrogen) atoms. The van der Waals surface area contributed by atoms with Gasteiger partial charge in [0.15, 0.2) is 0 Å². The molecule has 0 saturated carbocycles. The monoisotopic (exact) mass is 448 g/mol. The molecule has 5 rings (SSSR count). The zero-order valence-corrected chi connectivity index (χ0v) is 18.5. The Hall–Kier alpha value is -3.19. The molecule has 5 nitrogen and oxygen atoms in total. The molecular formula is C25H25FN4OS. The number of anilines is 1. The summed E-state index contributed by atoms with van der Waals surface area (Å²) >= 11 is 1.66. The number of fused-ring (bicyclic) bond motifs is 1. The third-order valence-electron chi connectivity index (χ3n) is 6.03.